The normalized spacial score (nSPS) is 14.1. The van der Waals surface area contributed by atoms with E-state index < -0.39 is 5.41 Å². The first-order valence-corrected chi connectivity index (χ1v) is 11.2. The number of rotatable bonds is 12. The van der Waals surface area contributed by atoms with Crippen LogP contribution in [0.2, 0.25) is 5.02 Å². The summed E-state index contributed by atoms with van der Waals surface area (Å²) in [6.45, 7) is 7.00. The fourth-order valence-electron chi connectivity index (χ4n) is 3.50. The van der Waals surface area contributed by atoms with Crippen molar-refractivity contribution in [3.05, 3.63) is 58.9 Å². The van der Waals surface area contributed by atoms with E-state index in [2.05, 4.69) is 6.92 Å². The highest BCUT2D eigenvalue weighted by atomic mass is 35.5. The zero-order valence-corrected chi connectivity index (χ0v) is 19.4. The van der Waals surface area contributed by atoms with Gasteiger partial charge in [0.05, 0.1) is 18.6 Å². The highest BCUT2D eigenvalue weighted by Gasteiger charge is 2.37. The molecule has 0 bridgehead atoms. The maximum atomic E-state index is 14.1. The van der Waals surface area contributed by atoms with Gasteiger partial charge in [0.25, 0.3) is 0 Å². The van der Waals surface area contributed by atoms with Gasteiger partial charge in [-0.3, -0.25) is 4.79 Å². The van der Waals surface area contributed by atoms with Crippen LogP contribution in [0, 0.1) is 11.2 Å². The highest BCUT2D eigenvalue weighted by molar-refractivity contribution is 6.30. The van der Waals surface area contributed by atoms with Crippen LogP contribution in [0.1, 0.15) is 45.6 Å². The number of halogens is 2. The van der Waals surface area contributed by atoms with E-state index in [0.717, 1.165) is 24.0 Å². The summed E-state index contributed by atoms with van der Waals surface area (Å²) in [5.74, 6) is -0.584. The van der Waals surface area contributed by atoms with Crippen LogP contribution in [-0.4, -0.2) is 31.8 Å². The third-order valence-electron chi connectivity index (χ3n) is 5.25. The third kappa shape index (κ3) is 7.60. The maximum absolute atomic E-state index is 14.1. The van der Waals surface area contributed by atoms with Crippen molar-refractivity contribution >= 4 is 17.6 Å². The molecule has 0 aliphatic rings. The minimum Gasteiger partial charge on any atom is -0.465 e. The molecule has 2 rings (SSSR count). The number of carbonyl (C=O) groups is 1. The molecular formula is C25H33ClFNO3. The number of nitrogens with two attached hydrogens (primary N) is 1. The Hall–Kier alpha value is -1.95. The minimum absolute atomic E-state index is 0.252. The van der Waals surface area contributed by atoms with E-state index in [9.17, 15) is 9.18 Å². The molecule has 2 aromatic rings. The van der Waals surface area contributed by atoms with Gasteiger partial charge in [0, 0.05) is 23.2 Å². The molecule has 2 N–H and O–H groups in total. The number of esters is 1. The second-order valence-corrected chi connectivity index (χ2v) is 8.61. The predicted octanol–water partition coefficient (Wildman–Crippen LogP) is 5.79. The second-order valence-electron chi connectivity index (χ2n) is 8.18. The fourth-order valence-corrected chi connectivity index (χ4v) is 3.68. The molecule has 0 heterocycles. The zero-order valence-electron chi connectivity index (χ0n) is 18.6. The lowest BCUT2D eigenvalue weighted by molar-refractivity contribution is -0.159. The van der Waals surface area contributed by atoms with Crippen molar-refractivity contribution in [1.82, 2.24) is 0 Å². The van der Waals surface area contributed by atoms with Crippen molar-refractivity contribution in [2.45, 2.75) is 52.5 Å². The van der Waals surface area contributed by atoms with E-state index in [1.54, 1.807) is 6.07 Å². The van der Waals surface area contributed by atoms with Gasteiger partial charge in [-0.25, -0.2) is 4.39 Å². The average Bonchev–Trinajstić information content (AvgIpc) is 2.74. The lowest BCUT2D eigenvalue weighted by atomic mass is 9.82. The number of hydrogen-bond acceptors (Lipinski definition) is 4. The molecule has 0 aromatic heterocycles. The smallest absolute Gasteiger partial charge is 0.314 e. The Morgan fingerprint density at radius 2 is 1.90 bits per heavy atom. The fraction of sp³-hybridized carbons (Fsp3) is 0.480. The van der Waals surface area contributed by atoms with E-state index in [0.29, 0.717) is 36.6 Å². The van der Waals surface area contributed by atoms with Crippen molar-refractivity contribution in [3.8, 4) is 11.1 Å². The van der Waals surface area contributed by atoms with Crippen LogP contribution in [-0.2, 0) is 20.7 Å². The van der Waals surface area contributed by atoms with E-state index in [4.69, 9.17) is 26.8 Å². The van der Waals surface area contributed by atoms with Crippen molar-refractivity contribution in [2.24, 2.45) is 11.1 Å². The van der Waals surface area contributed by atoms with Gasteiger partial charge in [-0.1, -0.05) is 49.2 Å². The van der Waals surface area contributed by atoms with Gasteiger partial charge < -0.3 is 15.2 Å². The summed E-state index contributed by atoms with van der Waals surface area (Å²) in [6, 6.07) is 11.8. The molecule has 4 nitrogen and oxygen atoms in total. The molecule has 0 spiro atoms. The molecule has 0 saturated heterocycles. The largest absolute Gasteiger partial charge is 0.465 e. The lowest BCUT2D eigenvalue weighted by Gasteiger charge is -2.30. The third-order valence-corrected chi connectivity index (χ3v) is 5.49. The van der Waals surface area contributed by atoms with Crippen LogP contribution in [0.15, 0.2) is 42.5 Å². The standard InChI is InChI=1S/C25H33ClFNO3/c1-4-6-13-31-24(29)25(3,17-30-5-2)16-21(28)14-18-7-9-19(10-8-18)22-15-20(26)11-12-23(22)27/h7-12,15,21H,4-6,13-14,16-17,28H2,1-3H3/t21-,25+/m1/s1. The second kappa shape index (κ2) is 12.2. The lowest BCUT2D eigenvalue weighted by Crippen LogP contribution is -2.41. The van der Waals surface area contributed by atoms with Gasteiger partial charge in [0.1, 0.15) is 5.82 Å². The molecule has 6 heteroatoms. The number of hydrogen-bond donors (Lipinski definition) is 1. The summed E-state index contributed by atoms with van der Waals surface area (Å²) in [7, 11) is 0. The van der Waals surface area contributed by atoms with Crippen molar-refractivity contribution < 1.29 is 18.7 Å². The average molecular weight is 450 g/mol. The topological polar surface area (TPSA) is 61.5 Å². The summed E-state index contributed by atoms with van der Waals surface area (Å²) < 4.78 is 25.1. The predicted molar refractivity (Wildman–Crippen MR) is 124 cm³/mol. The zero-order chi connectivity index (χ0) is 22.9. The quantitative estimate of drug-likeness (QED) is 0.329. The molecule has 0 aliphatic carbocycles. The molecule has 0 radical (unpaired) electrons. The molecular weight excluding hydrogens is 417 g/mol. The molecule has 0 fully saturated rings. The molecule has 31 heavy (non-hydrogen) atoms. The number of unbranched alkanes of at least 4 members (excludes halogenated alkanes) is 1. The van der Waals surface area contributed by atoms with Crippen molar-refractivity contribution in [3.63, 3.8) is 0 Å². The van der Waals surface area contributed by atoms with E-state index in [-0.39, 0.29) is 24.4 Å². The Bertz CT molecular complexity index is 843. The van der Waals surface area contributed by atoms with E-state index >= 15 is 0 Å². The molecule has 2 aromatic carbocycles. The summed E-state index contributed by atoms with van der Waals surface area (Å²) in [4.78, 5) is 12.7. The molecule has 0 amide bonds. The monoisotopic (exact) mass is 449 g/mol. The summed E-state index contributed by atoms with van der Waals surface area (Å²) in [5, 5.41) is 0.488. The summed E-state index contributed by atoms with van der Waals surface area (Å²) in [5.41, 5.74) is 7.83. The molecule has 2 atom stereocenters. The van der Waals surface area contributed by atoms with Crippen molar-refractivity contribution in [1.29, 1.82) is 0 Å². The minimum atomic E-state index is -0.799. The van der Waals surface area contributed by atoms with Gasteiger partial charge in [-0.2, -0.15) is 0 Å². The van der Waals surface area contributed by atoms with Gasteiger partial charge in [-0.05, 0) is 62.4 Å². The van der Waals surface area contributed by atoms with Crippen LogP contribution in [0.5, 0.6) is 0 Å². The Morgan fingerprint density at radius 3 is 2.55 bits per heavy atom. The molecule has 0 aliphatic heterocycles. The summed E-state index contributed by atoms with van der Waals surface area (Å²) >= 11 is 6.00. The van der Waals surface area contributed by atoms with Crippen LogP contribution in [0.25, 0.3) is 11.1 Å². The first kappa shape index (κ1) is 25.3. The molecule has 0 saturated carbocycles. The Balaban J connectivity index is 2.05. The number of carbonyl (C=O) groups excluding carboxylic acids is 1. The van der Waals surface area contributed by atoms with Crippen LogP contribution < -0.4 is 5.73 Å². The first-order chi connectivity index (χ1) is 14.8. The number of benzene rings is 2. The van der Waals surface area contributed by atoms with Gasteiger partial charge in [0.15, 0.2) is 0 Å². The molecule has 0 unspecified atom stereocenters. The maximum Gasteiger partial charge on any atom is 0.314 e. The Kier molecular flexibility index (Phi) is 9.94. The van der Waals surface area contributed by atoms with E-state index in [1.807, 2.05) is 38.1 Å². The number of ether oxygens (including phenoxy) is 2. The highest BCUT2D eigenvalue weighted by Crippen LogP contribution is 2.29. The Morgan fingerprint density at radius 1 is 1.19 bits per heavy atom. The summed E-state index contributed by atoms with van der Waals surface area (Å²) in [6.07, 6.45) is 2.83. The van der Waals surface area contributed by atoms with Crippen LogP contribution >= 0.6 is 11.6 Å². The van der Waals surface area contributed by atoms with E-state index in [1.165, 1.54) is 12.1 Å². The SMILES string of the molecule is CCCCOC(=O)[C@](C)(COCC)C[C@H](N)Cc1ccc(-c2cc(Cl)ccc2F)cc1. The van der Waals surface area contributed by atoms with Gasteiger partial charge >= 0.3 is 5.97 Å². The van der Waals surface area contributed by atoms with Crippen LogP contribution in [0.3, 0.4) is 0 Å². The van der Waals surface area contributed by atoms with Gasteiger partial charge in [0.2, 0.25) is 0 Å². The Labute approximate surface area is 189 Å². The van der Waals surface area contributed by atoms with Gasteiger partial charge in [-0.15, -0.1) is 0 Å². The molecule has 170 valence electrons. The van der Waals surface area contributed by atoms with Crippen molar-refractivity contribution in [2.75, 3.05) is 19.8 Å². The van der Waals surface area contributed by atoms with Crippen LogP contribution in [0.4, 0.5) is 4.39 Å². The first-order valence-electron chi connectivity index (χ1n) is 10.8.